The molecule has 2 unspecified atom stereocenters. The molecule has 7 aliphatic rings. The molecular weight excluding hydrogens is 1580 g/mol. The van der Waals surface area contributed by atoms with Gasteiger partial charge < -0.3 is 18.8 Å². The van der Waals surface area contributed by atoms with Crippen LogP contribution in [0.4, 0.5) is 0 Å². The Balaban J connectivity index is 0.000000211. The van der Waals surface area contributed by atoms with Crippen LogP contribution in [-0.2, 0) is 118 Å². The monoisotopic (exact) mass is 1710 g/mol. The molecule has 14 heteroatoms. The molecule has 1 saturated heterocycles. The van der Waals surface area contributed by atoms with Crippen molar-refractivity contribution in [2.45, 2.75) is 273 Å². The van der Waals surface area contributed by atoms with Crippen molar-refractivity contribution in [3.05, 3.63) is 304 Å². The Hall–Kier alpha value is -7.32. The van der Waals surface area contributed by atoms with E-state index in [0.717, 1.165) is 80.7 Å². The van der Waals surface area contributed by atoms with Crippen LogP contribution in [0, 0.1) is 6.92 Å². The maximum atomic E-state index is 10.9. The summed E-state index contributed by atoms with van der Waals surface area (Å²) in [5.41, 5.74) is 30.2. The van der Waals surface area contributed by atoms with E-state index >= 15 is 0 Å². The lowest BCUT2D eigenvalue weighted by atomic mass is 9.75. The predicted molar refractivity (Wildman–Crippen MR) is 489 cm³/mol. The van der Waals surface area contributed by atoms with Gasteiger partial charge in [0.2, 0.25) is 5.88 Å². The number of hydrogen-bond acceptors (Lipinski definition) is 9. The molecule has 6 aromatic carbocycles. The van der Waals surface area contributed by atoms with Gasteiger partial charge in [0.15, 0.2) is 0 Å². The summed E-state index contributed by atoms with van der Waals surface area (Å²) in [5.74, 6) is 1.21. The zero-order valence-corrected chi connectivity index (χ0v) is 71.9. The van der Waals surface area contributed by atoms with Gasteiger partial charge in [0, 0.05) is 88.9 Å². The highest BCUT2D eigenvalue weighted by molar-refractivity contribution is 9.10. The minimum Gasteiger partial charge on any atom is -0.481 e. The number of aromatic nitrogens is 6. The van der Waals surface area contributed by atoms with Crippen molar-refractivity contribution in [1.29, 1.82) is 0 Å². The van der Waals surface area contributed by atoms with Crippen LogP contribution >= 0.6 is 56.7 Å². The van der Waals surface area contributed by atoms with E-state index in [0.29, 0.717) is 40.2 Å². The number of hydrogen-bond donors (Lipinski definition) is 0. The minimum atomic E-state index is -0.204. The quantitative estimate of drug-likeness (QED) is 0.0982. The Bertz CT molecular complexity index is 4670. The number of ether oxygens (including phenoxy) is 3. The van der Waals surface area contributed by atoms with Crippen LogP contribution in [0.3, 0.4) is 0 Å². The SMILES string of the molecule is Brc1ccc2c(c1)C1(CCOCC1)CC2.C.C.C.C.CC(=O)OCC1(C)CCc2ccc(Br)cc21.CC(c1ccc2c(c1)C(C)(C)CC2)n1ccnc1.COc1ccc(CCc2ccc3c(c2)C(C)(C)CC3)cn1.C[C@@H]1CCc2ccc(CCc3cncnc3)cc21.Cc1ccc(CCc2ccc3c(c2)C(C)(C)CC3)cn1.Cl.Cl. The Labute approximate surface area is 715 Å². The lowest BCUT2D eigenvalue weighted by Gasteiger charge is -2.34. The number of nitrogens with zero attached hydrogens (tertiary/aromatic N) is 6. The summed E-state index contributed by atoms with van der Waals surface area (Å²) in [5, 5.41) is 0. The molecule has 10 aromatic rings. The molecule has 1 spiro atoms. The lowest BCUT2D eigenvalue weighted by Crippen LogP contribution is -2.31. The highest BCUT2D eigenvalue weighted by Crippen LogP contribution is 2.48. The summed E-state index contributed by atoms with van der Waals surface area (Å²) in [6.45, 7) is 26.7. The number of methoxy groups -OCH3 is 1. The lowest BCUT2D eigenvalue weighted by molar-refractivity contribution is -0.142. The largest absolute Gasteiger partial charge is 0.481 e. The molecule has 3 atom stereocenters. The summed E-state index contributed by atoms with van der Waals surface area (Å²) in [4.78, 5) is 31.8. The van der Waals surface area contributed by atoms with Crippen LogP contribution < -0.4 is 4.74 Å². The zero-order valence-electron chi connectivity index (χ0n) is 67.1. The Morgan fingerprint density at radius 2 is 0.974 bits per heavy atom. The molecule has 1 aliphatic heterocycles. The van der Waals surface area contributed by atoms with Crippen molar-refractivity contribution in [1.82, 2.24) is 29.5 Å². The number of aryl methyl sites for hydroxylation is 13. The van der Waals surface area contributed by atoms with Crippen molar-refractivity contribution in [3.63, 3.8) is 0 Å². The number of carbonyl (C=O) groups is 1. The van der Waals surface area contributed by atoms with Gasteiger partial charge in [-0.1, -0.05) is 214 Å². The molecule has 0 N–H and O–H groups in total. The molecule has 1 fully saturated rings. The number of halogens is 4. The summed E-state index contributed by atoms with van der Waals surface area (Å²) >= 11 is 7.07. The van der Waals surface area contributed by atoms with Gasteiger partial charge in [-0.2, -0.15) is 0 Å². The van der Waals surface area contributed by atoms with Gasteiger partial charge in [-0.15, -0.1) is 24.8 Å². The van der Waals surface area contributed by atoms with Gasteiger partial charge in [0.05, 0.1) is 19.5 Å². The van der Waals surface area contributed by atoms with Crippen LogP contribution in [0.1, 0.15) is 274 Å². The molecule has 0 amide bonds. The Kier molecular flexibility index (Phi) is 35.8. The normalized spacial score (nSPS) is 17.7. The molecule has 114 heavy (non-hydrogen) atoms. The third kappa shape index (κ3) is 24.2. The number of esters is 1. The average Bonchev–Trinajstić information content (AvgIpc) is 1.62. The molecule has 17 rings (SSSR count). The van der Waals surface area contributed by atoms with E-state index in [1.54, 1.807) is 52.4 Å². The average molecular weight is 1710 g/mol. The maximum Gasteiger partial charge on any atom is 0.302 e. The summed E-state index contributed by atoms with van der Waals surface area (Å²) in [6, 6.07) is 49.9. The number of fused-ring (bicyclic) bond motifs is 7. The highest BCUT2D eigenvalue weighted by atomic mass is 79.9. The van der Waals surface area contributed by atoms with Crippen molar-refractivity contribution >= 4 is 62.6 Å². The summed E-state index contributed by atoms with van der Waals surface area (Å²) in [7, 11) is 1.65. The first-order valence-corrected chi connectivity index (χ1v) is 41.3. The number of imidazole rings is 1. The zero-order chi connectivity index (χ0) is 76.2. The number of carbonyl (C=O) groups excluding carboxylic acids is 1. The van der Waals surface area contributed by atoms with E-state index in [-0.39, 0.29) is 65.9 Å². The van der Waals surface area contributed by atoms with E-state index in [4.69, 9.17) is 14.2 Å². The number of pyridine rings is 2. The van der Waals surface area contributed by atoms with Crippen molar-refractivity contribution in [2.75, 3.05) is 26.9 Å². The molecule has 6 aliphatic carbocycles. The minimum absolute atomic E-state index is 0. The second kappa shape index (κ2) is 42.7. The van der Waals surface area contributed by atoms with Gasteiger partial charge in [0.25, 0.3) is 0 Å². The summed E-state index contributed by atoms with van der Waals surface area (Å²) < 4.78 is 20.2. The number of rotatable bonds is 14. The van der Waals surface area contributed by atoms with E-state index < -0.39 is 0 Å². The van der Waals surface area contributed by atoms with Crippen LogP contribution in [0.15, 0.2) is 192 Å². The number of benzene rings is 6. The molecule has 614 valence electrons. The molecular formula is C100H132Br2Cl2N6O4. The first kappa shape index (κ1) is 95.5. The van der Waals surface area contributed by atoms with Crippen LogP contribution in [-0.4, -0.2) is 62.4 Å². The standard InChI is InChI=1S/C19H23NO.C19H23N.C16H20N2.C16H18N2.C13H15BrO2.C13H15BrO.4CH4.2ClH/c1-19(2)11-10-16-8-6-14(12-17(16)19)4-5-15-7-9-18(21-3)20-13-15;1-14-4-5-16(13-20-14)7-6-15-8-9-17-10-11-19(2,3)18(17)12-15;1-12(18-9-8-17-11-18)14-5-4-13-6-7-16(2,3)15(13)10-14;1-12-2-6-15-7-5-13(8-16(12)15)3-4-14-9-17-11-18-10-14;1-9(15)16-8-13(2)6-5-10-3-4-11(14)7-12(10)13;14-11-2-1-10-3-4-13(12(10)9-11)5-7-15-8-6-13;;;;;;/h6-9,12-13H,4-5,10-11H2,1-3H3;4-5,8-9,12-13H,6-7,10-11H2,1-3H3;4-5,8-12H,6-7H2,1-3H3;5,7-12H,2-4,6H2,1H3;3-4,7H,5-6,8H2,1-2H3;1-2,9H,3-8H2;4*1H4;2*1H/t;;;12-;;;;;;;;/m...1......../s1. The second-order valence-corrected chi connectivity index (χ2v) is 35.6. The molecule has 5 heterocycles. The van der Waals surface area contributed by atoms with E-state index in [1.807, 2.05) is 56.5 Å². The Morgan fingerprint density at radius 1 is 0.509 bits per heavy atom. The van der Waals surface area contributed by atoms with Gasteiger partial charge in [-0.05, 0) is 300 Å². The fraction of sp³-hybridized carbons (Fsp3) is 0.460. The molecule has 4 aromatic heterocycles. The molecule has 0 bridgehead atoms. The molecule has 0 radical (unpaired) electrons. The van der Waals surface area contributed by atoms with Gasteiger partial charge in [-0.25, -0.2) is 19.9 Å². The van der Waals surface area contributed by atoms with Crippen LogP contribution in [0.25, 0.3) is 0 Å². The smallest absolute Gasteiger partial charge is 0.302 e. The third-order valence-electron chi connectivity index (χ3n) is 24.7. The van der Waals surface area contributed by atoms with Crippen molar-refractivity contribution in [2.24, 2.45) is 0 Å². The van der Waals surface area contributed by atoms with Gasteiger partial charge in [0.1, 0.15) is 12.9 Å². The van der Waals surface area contributed by atoms with E-state index in [2.05, 4.69) is 251 Å². The van der Waals surface area contributed by atoms with E-state index in [1.165, 1.54) is 155 Å². The first-order chi connectivity index (χ1) is 51.8. The molecule has 0 saturated carbocycles. The Morgan fingerprint density at radius 3 is 1.50 bits per heavy atom. The van der Waals surface area contributed by atoms with Crippen LogP contribution in [0.2, 0.25) is 0 Å². The molecule has 10 nitrogen and oxygen atoms in total. The highest BCUT2D eigenvalue weighted by Gasteiger charge is 2.40. The van der Waals surface area contributed by atoms with Crippen molar-refractivity contribution < 1.29 is 19.0 Å². The fourth-order valence-corrected chi connectivity index (χ4v) is 18.1. The second-order valence-electron chi connectivity index (χ2n) is 33.8. The van der Waals surface area contributed by atoms with Gasteiger partial charge >= 0.3 is 5.97 Å². The van der Waals surface area contributed by atoms with Crippen LogP contribution in [0.5, 0.6) is 5.88 Å². The third-order valence-corrected chi connectivity index (χ3v) is 25.7. The van der Waals surface area contributed by atoms with Gasteiger partial charge in [-0.3, -0.25) is 9.78 Å². The van der Waals surface area contributed by atoms with E-state index in [9.17, 15) is 4.79 Å². The topological polar surface area (TPSA) is 114 Å². The predicted octanol–water partition coefficient (Wildman–Crippen LogP) is 25.6. The maximum absolute atomic E-state index is 10.9. The first-order valence-electron chi connectivity index (χ1n) is 39.8. The van der Waals surface area contributed by atoms with Crippen molar-refractivity contribution in [3.8, 4) is 5.88 Å². The fourth-order valence-electron chi connectivity index (χ4n) is 17.4. The summed E-state index contributed by atoms with van der Waals surface area (Å²) in [6.07, 6.45) is 38.6.